The summed E-state index contributed by atoms with van der Waals surface area (Å²) in [6.45, 7) is 21.3. The van der Waals surface area contributed by atoms with Gasteiger partial charge in [0.1, 0.15) is 0 Å². The molecule has 0 aromatic heterocycles. The van der Waals surface area contributed by atoms with Crippen molar-refractivity contribution in [1.29, 1.82) is 0 Å². The fourth-order valence-corrected chi connectivity index (χ4v) is 8.22. The molecule has 0 bridgehead atoms. The molecule has 1 atom stereocenters. The Kier molecular flexibility index (Phi) is 9.27. The predicted octanol–water partition coefficient (Wildman–Crippen LogP) is -1.75. The summed E-state index contributed by atoms with van der Waals surface area (Å²) >= 11 is -0.213. The fourth-order valence-electron chi connectivity index (χ4n) is 2.63. The third kappa shape index (κ3) is 4.47. The van der Waals surface area contributed by atoms with E-state index in [9.17, 15) is 0 Å². The van der Waals surface area contributed by atoms with E-state index in [1.165, 1.54) is 0 Å². The van der Waals surface area contributed by atoms with Crippen LogP contribution in [0, 0.1) is 0 Å². The molecule has 0 aromatic carbocycles. The zero-order chi connectivity index (χ0) is 14.3. The first kappa shape index (κ1) is 23.2. The minimum atomic E-state index is -0.741. The first-order chi connectivity index (χ1) is 8.01. The Hall–Kier alpha value is 0.951. The Balaban J connectivity index is 0. The summed E-state index contributed by atoms with van der Waals surface area (Å²) in [5.74, 6) is 0. The summed E-state index contributed by atoms with van der Waals surface area (Å²) in [5.41, 5.74) is 5.05. The fraction of sp³-hybridized carbons (Fsp3) is 0.733. The molecular weight excluding hydrogens is 341 g/mol. The third-order valence-corrected chi connectivity index (χ3v) is 11.2. The largest absolute Gasteiger partial charge is 1.00 e. The third-order valence-electron chi connectivity index (χ3n) is 4.52. The maximum atomic E-state index is 3.81. The number of rotatable bonds is 3. The van der Waals surface area contributed by atoms with Crippen LogP contribution in [0.25, 0.3) is 0 Å². The van der Waals surface area contributed by atoms with E-state index >= 15 is 0 Å². The second kappa shape index (κ2) is 7.99. The van der Waals surface area contributed by atoms with Crippen LogP contribution in [-0.4, -0.2) is 14.3 Å². The second-order valence-electron chi connectivity index (χ2n) is 7.11. The first-order valence-electron chi connectivity index (χ1n) is 6.94. The average Bonchev–Trinajstić information content (AvgIpc) is 2.39. The standard InChI is InChI=1S/C11H19Si.C4H10N.2ClH.Ti/c1-8-7-11(4,12(5)6)10(3)9(8)2;1-4(2,3)5;;;/h12H,1-6H3;5H,1-3H3;2*1H;/q;-1;;;+3/p-2. The monoisotopic (exact) mass is 369 g/mol. The van der Waals surface area contributed by atoms with E-state index in [1.54, 1.807) is 20.6 Å². The van der Waals surface area contributed by atoms with Gasteiger partial charge < -0.3 is 24.8 Å². The molecule has 0 radical (unpaired) electrons. The molecule has 0 heterocycles. The van der Waals surface area contributed by atoms with Gasteiger partial charge in [0, 0.05) is 0 Å². The van der Waals surface area contributed by atoms with Gasteiger partial charge in [-0.15, -0.1) is 0 Å². The molecule has 1 rings (SSSR count). The molecule has 1 unspecified atom stereocenters. The van der Waals surface area contributed by atoms with E-state index < -0.39 is 8.80 Å². The normalized spacial score (nSPS) is 22.7. The molecule has 0 aromatic rings. The second-order valence-corrected chi connectivity index (χ2v) is 12.1. The van der Waals surface area contributed by atoms with E-state index in [-0.39, 0.29) is 49.8 Å². The molecule has 0 aliphatic heterocycles. The quantitative estimate of drug-likeness (QED) is 0.582. The SMILES string of the molecule is CC1=C(C)C(C)([SiH](C)C)[C]([Ti+2][NH]C(C)(C)C)=C1C.[Cl-].[Cl-]. The molecule has 1 aliphatic rings. The van der Waals surface area contributed by atoms with Crippen molar-refractivity contribution in [2.75, 3.05) is 0 Å². The Morgan fingerprint density at radius 3 is 1.80 bits per heavy atom. The Labute approximate surface area is 149 Å². The van der Waals surface area contributed by atoms with Gasteiger partial charge in [0.25, 0.3) is 0 Å². The van der Waals surface area contributed by atoms with Crippen molar-refractivity contribution in [2.24, 2.45) is 0 Å². The van der Waals surface area contributed by atoms with Gasteiger partial charge in [0.2, 0.25) is 0 Å². The van der Waals surface area contributed by atoms with Crippen molar-refractivity contribution in [3.8, 4) is 0 Å². The summed E-state index contributed by atoms with van der Waals surface area (Å²) in [5, 5.41) is 0.423. The van der Waals surface area contributed by atoms with Gasteiger partial charge in [-0.1, -0.05) is 0 Å². The molecule has 0 fully saturated rings. The minimum absolute atomic E-state index is 0. The van der Waals surface area contributed by atoms with Crippen LogP contribution < -0.4 is 28.6 Å². The number of hydrogen-bond donors (Lipinski definition) is 1. The van der Waals surface area contributed by atoms with E-state index in [4.69, 9.17) is 0 Å². The van der Waals surface area contributed by atoms with E-state index in [2.05, 4.69) is 65.4 Å². The first-order valence-corrected chi connectivity index (χ1v) is 11.4. The molecule has 0 saturated carbocycles. The van der Waals surface area contributed by atoms with Crippen LogP contribution in [0.15, 0.2) is 20.6 Å². The minimum Gasteiger partial charge on any atom is -1.00 e. The molecule has 20 heavy (non-hydrogen) atoms. The average molecular weight is 370 g/mol. The zero-order valence-corrected chi connectivity index (χ0v) is 18.6. The maximum absolute atomic E-state index is 3.81. The summed E-state index contributed by atoms with van der Waals surface area (Å²) in [6.07, 6.45) is 0. The number of hydrogen-bond acceptors (Lipinski definition) is 1. The summed E-state index contributed by atoms with van der Waals surface area (Å²) < 4.78 is 5.58. The smallest absolute Gasteiger partial charge is 1.00 e. The molecule has 0 saturated heterocycles. The van der Waals surface area contributed by atoms with Crippen LogP contribution >= 0.6 is 0 Å². The van der Waals surface area contributed by atoms with Gasteiger partial charge in [-0.05, 0) is 0 Å². The van der Waals surface area contributed by atoms with Crippen LogP contribution in [0.5, 0.6) is 0 Å². The molecule has 5 heteroatoms. The van der Waals surface area contributed by atoms with Crippen LogP contribution in [0.2, 0.25) is 18.1 Å². The molecular formula is C15H29Cl2NSiTi. The topological polar surface area (TPSA) is 12.0 Å². The van der Waals surface area contributed by atoms with Crippen molar-refractivity contribution in [1.82, 2.24) is 3.80 Å². The van der Waals surface area contributed by atoms with Crippen LogP contribution in [0.4, 0.5) is 0 Å². The van der Waals surface area contributed by atoms with Gasteiger partial charge in [0.05, 0.1) is 0 Å². The van der Waals surface area contributed by atoms with Crippen molar-refractivity contribution in [3.63, 3.8) is 0 Å². The number of allylic oxidation sites excluding steroid dienone is 4. The van der Waals surface area contributed by atoms with Crippen LogP contribution in [0.1, 0.15) is 48.5 Å². The summed E-state index contributed by atoms with van der Waals surface area (Å²) in [6, 6.07) is 0. The van der Waals surface area contributed by atoms with Gasteiger partial charge >= 0.3 is 125 Å². The molecule has 0 spiro atoms. The Bertz CT molecular complexity index is 411. The van der Waals surface area contributed by atoms with Gasteiger partial charge in [0.15, 0.2) is 0 Å². The number of halogens is 2. The number of nitrogens with one attached hydrogen (secondary N) is 1. The van der Waals surface area contributed by atoms with Gasteiger partial charge in [-0.2, -0.15) is 0 Å². The van der Waals surface area contributed by atoms with E-state index in [0.29, 0.717) is 5.04 Å². The Morgan fingerprint density at radius 2 is 1.45 bits per heavy atom. The van der Waals surface area contributed by atoms with Crippen LogP contribution in [0.3, 0.4) is 0 Å². The summed E-state index contributed by atoms with van der Waals surface area (Å²) in [7, 11) is -0.741. The van der Waals surface area contributed by atoms with Crippen molar-refractivity contribution < 1.29 is 44.2 Å². The summed E-state index contributed by atoms with van der Waals surface area (Å²) in [4.78, 5) is 0. The maximum Gasteiger partial charge on any atom is -1.00 e. The van der Waals surface area contributed by atoms with Gasteiger partial charge in [-0.3, -0.25) is 0 Å². The van der Waals surface area contributed by atoms with Gasteiger partial charge in [-0.25, -0.2) is 0 Å². The van der Waals surface area contributed by atoms with Crippen molar-refractivity contribution >= 4 is 8.80 Å². The molecule has 116 valence electrons. The molecule has 0 amide bonds. The van der Waals surface area contributed by atoms with Crippen molar-refractivity contribution in [2.45, 2.75) is 72.1 Å². The van der Waals surface area contributed by atoms with Crippen molar-refractivity contribution in [3.05, 3.63) is 20.6 Å². The Morgan fingerprint density at radius 1 is 1.00 bits per heavy atom. The molecule has 1 nitrogen and oxygen atoms in total. The van der Waals surface area contributed by atoms with E-state index in [0.717, 1.165) is 0 Å². The predicted molar refractivity (Wildman–Crippen MR) is 81.2 cm³/mol. The molecule has 1 aliphatic carbocycles. The van der Waals surface area contributed by atoms with Crippen LogP contribution in [-0.2, 0) is 19.4 Å². The van der Waals surface area contributed by atoms with E-state index in [1.807, 2.05) is 0 Å². The molecule has 1 N–H and O–H groups in total. The zero-order valence-electron chi connectivity index (χ0n) is 14.3.